The highest BCUT2D eigenvalue weighted by molar-refractivity contribution is 5.91. The molecule has 5 heterocycles. The van der Waals surface area contributed by atoms with Gasteiger partial charge in [0.1, 0.15) is 12.6 Å². The van der Waals surface area contributed by atoms with E-state index in [1.807, 2.05) is 0 Å². The van der Waals surface area contributed by atoms with Crippen molar-refractivity contribution in [2.45, 2.75) is 0 Å². The Balaban J connectivity index is 1.41. The zero-order chi connectivity index (χ0) is 20.5. The second kappa shape index (κ2) is 7.40. The molecule has 1 aliphatic heterocycles. The third-order valence-electron chi connectivity index (χ3n) is 4.74. The second-order valence-corrected chi connectivity index (χ2v) is 6.69. The number of amides is 1. The molecule has 0 aromatic carbocycles. The summed E-state index contributed by atoms with van der Waals surface area (Å²) in [6.45, 7) is 3.59. The van der Waals surface area contributed by atoms with Crippen molar-refractivity contribution in [1.29, 1.82) is 0 Å². The van der Waals surface area contributed by atoms with Gasteiger partial charge in [-0.15, -0.1) is 0 Å². The maximum absolute atomic E-state index is 11.3. The molecule has 0 bridgehead atoms. The van der Waals surface area contributed by atoms with Crippen LogP contribution in [0.25, 0.3) is 16.9 Å². The van der Waals surface area contributed by atoms with Crippen LogP contribution in [0.5, 0.6) is 0 Å². The molecule has 1 saturated heterocycles. The lowest BCUT2D eigenvalue weighted by atomic mass is 10.2. The molecule has 4 N–H and O–H groups in total. The number of piperazine rings is 1. The first-order chi connectivity index (χ1) is 14.7. The number of nitrogens with two attached hydrogens (primary N) is 1. The van der Waals surface area contributed by atoms with Gasteiger partial charge in [-0.1, -0.05) is 0 Å². The van der Waals surface area contributed by atoms with Crippen molar-refractivity contribution in [3.63, 3.8) is 0 Å². The molecule has 0 radical (unpaired) electrons. The van der Waals surface area contributed by atoms with E-state index in [1.54, 1.807) is 23.1 Å². The number of nitrogens with zero attached hydrogens (tertiary/aromatic N) is 7. The van der Waals surface area contributed by atoms with Crippen LogP contribution in [0.3, 0.4) is 0 Å². The Labute approximate surface area is 170 Å². The Kier molecular flexibility index (Phi) is 4.44. The van der Waals surface area contributed by atoms with Crippen molar-refractivity contribution < 1.29 is 9.21 Å². The van der Waals surface area contributed by atoms with E-state index >= 15 is 0 Å². The number of carbonyl (C=O) groups is 1. The van der Waals surface area contributed by atoms with Gasteiger partial charge in [-0.2, -0.15) is 5.10 Å². The molecule has 0 unspecified atom stereocenters. The first kappa shape index (κ1) is 18.0. The number of aromatic nitrogens is 6. The van der Waals surface area contributed by atoms with Gasteiger partial charge in [0, 0.05) is 31.7 Å². The molecule has 152 valence electrons. The number of hydrogen-bond donors (Lipinski definition) is 3. The minimum Gasteiger partial charge on any atom is -0.458 e. The molecule has 1 fully saturated rings. The Hall–Kier alpha value is -4.06. The smallest absolute Gasteiger partial charge is 0.284 e. The number of anilines is 3. The highest BCUT2D eigenvalue weighted by atomic mass is 16.3. The minimum absolute atomic E-state index is 0.0576. The predicted molar refractivity (Wildman–Crippen MR) is 107 cm³/mol. The van der Waals surface area contributed by atoms with Crippen LogP contribution in [0.1, 0.15) is 10.6 Å². The summed E-state index contributed by atoms with van der Waals surface area (Å²) in [6.07, 6.45) is 7.87. The Bertz CT molecular complexity index is 1190. The van der Waals surface area contributed by atoms with Gasteiger partial charge in [0.05, 0.1) is 30.0 Å². The van der Waals surface area contributed by atoms with Crippen LogP contribution in [0, 0.1) is 0 Å². The summed E-state index contributed by atoms with van der Waals surface area (Å²) in [5.74, 6) is 0.602. The van der Waals surface area contributed by atoms with Crippen LogP contribution in [0.4, 0.5) is 17.5 Å². The third-order valence-corrected chi connectivity index (χ3v) is 4.74. The number of rotatable bonds is 5. The lowest BCUT2D eigenvalue weighted by Gasteiger charge is -2.27. The first-order valence-corrected chi connectivity index (χ1v) is 9.31. The number of hydrogen-bond acceptors (Lipinski definition) is 10. The summed E-state index contributed by atoms with van der Waals surface area (Å²) in [4.78, 5) is 31.1. The third kappa shape index (κ3) is 3.28. The summed E-state index contributed by atoms with van der Waals surface area (Å²) >= 11 is 0. The zero-order valence-electron chi connectivity index (χ0n) is 15.8. The topological polar surface area (TPSA) is 152 Å². The van der Waals surface area contributed by atoms with E-state index in [-0.39, 0.29) is 5.76 Å². The van der Waals surface area contributed by atoms with Crippen LogP contribution >= 0.6 is 0 Å². The molecule has 1 aliphatic rings. The standard InChI is InChI=1S/C18H18N10O2/c19-15(29)14-5-11(9-30-14)13-8-21-16(17-24-10-25-28(13)17)26-12-6-22-18(23-7-12)27-3-1-20-2-4-27/h5-10,20H,1-4H2,(H2,19,29)(H,21,26). The maximum Gasteiger partial charge on any atom is 0.284 e. The van der Waals surface area contributed by atoms with Crippen molar-refractivity contribution in [2.75, 3.05) is 36.4 Å². The van der Waals surface area contributed by atoms with Crippen molar-refractivity contribution in [3.05, 3.63) is 43.0 Å². The van der Waals surface area contributed by atoms with Gasteiger partial charge in [-0.25, -0.2) is 24.5 Å². The van der Waals surface area contributed by atoms with Crippen LogP contribution in [-0.2, 0) is 0 Å². The van der Waals surface area contributed by atoms with E-state index in [0.717, 1.165) is 26.2 Å². The quantitative estimate of drug-likeness (QED) is 0.425. The molecule has 12 heteroatoms. The highest BCUT2D eigenvalue weighted by Crippen LogP contribution is 2.25. The van der Waals surface area contributed by atoms with Crippen LogP contribution < -0.4 is 21.3 Å². The predicted octanol–water partition coefficient (Wildman–Crippen LogP) is 0.426. The molecule has 5 rings (SSSR count). The van der Waals surface area contributed by atoms with E-state index in [9.17, 15) is 4.79 Å². The summed E-state index contributed by atoms with van der Waals surface area (Å²) in [5.41, 5.74) is 7.65. The zero-order valence-corrected chi connectivity index (χ0v) is 15.8. The van der Waals surface area contributed by atoms with Gasteiger partial charge in [0.25, 0.3) is 5.91 Å². The van der Waals surface area contributed by atoms with Crippen molar-refractivity contribution in [3.8, 4) is 11.3 Å². The van der Waals surface area contributed by atoms with Gasteiger partial charge >= 0.3 is 0 Å². The number of furan rings is 1. The monoisotopic (exact) mass is 406 g/mol. The van der Waals surface area contributed by atoms with Gasteiger partial charge in [-0.3, -0.25) is 4.79 Å². The highest BCUT2D eigenvalue weighted by Gasteiger charge is 2.16. The second-order valence-electron chi connectivity index (χ2n) is 6.69. The van der Waals surface area contributed by atoms with Gasteiger partial charge < -0.3 is 25.7 Å². The molecule has 0 atom stereocenters. The Morgan fingerprint density at radius 2 is 1.93 bits per heavy atom. The summed E-state index contributed by atoms with van der Waals surface area (Å²) < 4.78 is 6.79. The van der Waals surface area contributed by atoms with E-state index in [0.29, 0.717) is 34.4 Å². The molecule has 4 aromatic rings. The van der Waals surface area contributed by atoms with Gasteiger partial charge in [0.15, 0.2) is 17.2 Å². The summed E-state index contributed by atoms with van der Waals surface area (Å²) in [6, 6.07) is 1.54. The van der Waals surface area contributed by atoms with E-state index in [4.69, 9.17) is 10.2 Å². The van der Waals surface area contributed by atoms with Crippen molar-refractivity contribution in [2.24, 2.45) is 5.73 Å². The lowest BCUT2D eigenvalue weighted by Crippen LogP contribution is -2.44. The number of primary amides is 1. The lowest BCUT2D eigenvalue weighted by molar-refractivity contribution is 0.0974. The minimum atomic E-state index is -0.647. The average molecular weight is 406 g/mol. The molecule has 1 amide bonds. The van der Waals surface area contributed by atoms with Crippen molar-refractivity contribution >= 4 is 29.0 Å². The molecule has 0 spiro atoms. The van der Waals surface area contributed by atoms with Gasteiger partial charge in [-0.05, 0) is 6.07 Å². The Morgan fingerprint density at radius 3 is 2.67 bits per heavy atom. The fourth-order valence-electron chi connectivity index (χ4n) is 3.25. The number of nitrogens with one attached hydrogen (secondary N) is 2. The fraction of sp³-hybridized carbons (Fsp3) is 0.222. The SMILES string of the molecule is NC(=O)c1cc(-c2cnc(Nc3cnc(N4CCNCC4)nc3)c3ncnn23)co1. The Morgan fingerprint density at radius 1 is 1.13 bits per heavy atom. The molecular formula is C18H18N10O2. The molecule has 30 heavy (non-hydrogen) atoms. The fourth-order valence-corrected chi connectivity index (χ4v) is 3.25. The maximum atomic E-state index is 11.3. The summed E-state index contributed by atoms with van der Waals surface area (Å²) in [5, 5.41) is 10.7. The molecule has 4 aromatic heterocycles. The number of carbonyl (C=O) groups excluding carboxylic acids is 1. The van der Waals surface area contributed by atoms with Crippen molar-refractivity contribution in [1.82, 2.24) is 34.9 Å². The van der Waals surface area contributed by atoms with Gasteiger partial charge in [0.2, 0.25) is 5.95 Å². The summed E-state index contributed by atoms with van der Waals surface area (Å²) in [7, 11) is 0. The normalized spacial score (nSPS) is 14.2. The molecule has 0 saturated carbocycles. The molecule has 12 nitrogen and oxygen atoms in total. The van der Waals surface area contributed by atoms with E-state index in [2.05, 4.69) is 40.6 Å². The van der Waals surface area contributed by atoms with Crippen LogP contribution in [-0.4, -0.2) is 61.6 Å². The van der Waals surface area contributed by atoms with Crippen LogP contribution in [0.15, 0.2) is 41.7 Å². The average Bonchev–Trinajstić information content (AvgIpc) is 3.46. The van der Waals surface area contributed by atoms with E-state index < -0.39 is 5.91 Å². The van der Waals surface area contributed by atoms with E-state index in [1.165, 1.54) is 18.7 Å². The molecule has 0 aliphatic carbocycles. The molecular weight excluding hydrogens is 388 g/mol. The first-order valence-electron chi connectivity index (χ1n) is 9.31. The number of fused-ring (bicyclic) bond motifs is 1. The van der Waals surface area contributed by atoms with Crippen LogP contribution in [0.2, 0.25) is 0 Å². The largest absolute Gasteiger partial charge is 0.458 e.